The van der Waals surface area contributed by atoms with E-state index in [4.69, 9.17) is 23.2 Å². The van der Waals surface area contributed by atoms with Crippen LogP contribution in [0.15, 0.2) is 42.5 Å². The van der Waals surface area contributed by atoms with Gasteiger partial charge in [0.2, 0.25) is 5.91 Å². The Hall–Kier alpha value is -1.59. The van der Waals surface area contributed by atoms with Crippen LogP contribution in [0.1, 0.15) is 11.1 Å². The maximum atomic E-state index is 12.3. The van der Waals surface area contributed by atoms with E-state index in [1.54, 1.807) is 18.2 Å². The van der Waals surface area contributed by atoms with Crippen LogP contribution in [-0.4, -0.2) is 48.4 Å². The van der Waals surface area contributed by atoms with Gasteiger partial charge in [-0.2, -0.15) is 0 Å². The molecule has 0 aliphatic carbocycles. The zero-order valence-corrected chi connectivity index (χ0v) is 16.4. The predicted octanol–water partition coefficient (Wildman–Crippen LogP) is 4.06. The summed E-state index contributed by atoms with van der Waals surface area (Å²) in [5.74, 6) is -0.0684. The van der Waals surface area contributed by atoms with E-state index in [0.29, 0.717) is 22.3 Å². The molecule has 0 atom stereocenters. The Morgan fingerprint density at radius 3 is 2.35 bits per heavy atom. The molecule has 1 fully saturated rings. The number of hydrogen-bond acceptors (Lipinski definition) is 3. The van der Waals surface area contributed by atoms with Crippen molar-refractivity contribution in [1.29, 1.82) is 0 Å². The van der Waals surface area contributed by atoms with E-state index < -0.39 is 0 Å². The number of hydrogen-bond donors (Lipinski definition) is 1. The molecule has 4 nitrogen and oxygen atoms in total. The second kappa shape index (κ2) is 8.87. The number of piperazine rings is 1. The molecule has 0 aromatic heterocycles. The smallest absolute Gasteiger partial charge is 0.238 e. The van der Waals surface area contributed by atoms with Crippen LogP contribution in [0.3, 0.4) is 0 Å². The van der Waals surface area contributed by atoms with Crippen molar-refractivity contribution in [3.63, 3.8) is 0 Å². The molecule has 0 spiro atoms. The first-order valence-electron chi connectivity index (χ1n) is 8.75. The van der Waals surface area contributed by atoms with Crippen molar-refractivity contribution < 1.29 is 4.79 Å². The van der Waals surface area contributed by atoms with Crippen LogP contribution in [0.2, 0.25) is 10.0 Å². The Balaban J connectivity index is 1.45. The Bertz CT molecular complexity index is 756. The van der Waals surface area contributed by atoms with Gasteiger partial charge in [0.25, 0.3) is 0 Å². The first kappa shape index (κ1) is 19.2. The number of carbonyl (C=O) groups is 1. The molecule has 0 saturated carbocycles. The largest absolute Gasteiger partial charge is 0.324 e. The third kappa shape index (κ3) is 5.21. The number of aryl methyl sites for hydroxylation is 1. The molecule has 1 aliphatic rings. The average Bonchev–Trinajstić information content (AvgIpc) is 2.62. The zero-order chi connectivity index (χ0) is 18.5. The molecule has 1 N–H and O–H groups in total. The Kier molecular flexibility index (Phi) is 6.54. The van der Waals surface area contributed by atoms with Gasteiger partial charge in [-0.3, -0.25) is 14.6 Å². The monoisotopic (exact) mass is 391 g/mol. The average molecular weight is 392 g/mol. The first-order chi connectivity index (χ1) is 12.5. The van der Waals surface area contributed by atoms with Crippen LogP contribution in [-0.2, 0) is 11.3 Å². The summed E-state index contributed by atoms with van der Waals surface area (Å²) in [6.07, 6.45) is 0. The van der Waals surface area contributed by atoms with Crippen LogP contribution in [0, 0.1) is 6.92 Å². The summed E-state index contributed by atoms with van der Waals surface area (Å²) in [6.45, 7) is 7.09. The number of amides is 1. The highest BCUT2D eigenvalue weighted by Crippen LogP contribution is 2.29. The van der Waals surface area contributed by atoms with Crippen LogP contribution in [0.25, 0.3) is 0 Å². The van der Waals surface area contributed by atoms with Gasteiger partial charge in [-0.15, -0.1) is 0 Å². The normalized spacial score (nSPS) is 15.8. The van der Waals surface area contributed by atoms with Gasteiger partial charge in [0.15, 0.2) is 0 Å². The lowest BCUT2D eigenvalue weighted by atomic mass is 10.1. The van der Waals surface area contributed by atoms with E-state index in [9.17, 15) is 4.79 Å². The Labute approximate surface area is 164 Å². The van der Waals surface area contributed by atoms with Gasteiger partial charge < -0.3 is 5.32 Å². The zero-order valence-electron chi connectivity index (χ0n) is 14.8. The van der Waals surface area contributed by atoms with Gasteiger partial charge in [-0.1, -0.05) is 59.1 Å². The van der Waals surface area contributed by atoms with Crippen molar-refractivity contribution in [1.82, 2.24) is 9.80 Å². The number of halogens is 2. The molecule has 2 aromatic rings. The lowest BCUT2D eigenvalue weighted by Crippen LogP contribution is -2.48. The third-order valence-corrected chi connectivity index (χ3v) is 5.40. The minimum absolute atomic E-state index is 0.0684. The van der Waals surface area contributed by atoms with Crippen LogP contribution >= 0.6 is 23.2 Å². The molecule has 2 aromatic carbocycles. The molecule has 0 bridgehead atoms. The molecule has 26 heavy (non-hydrogen) atoms. The molecule has 1 aliphatic heterocycles. The fraction of sp³-hybridized carbons (Fsp3) is 0.350. The Morgan fingerprint density at radius 2 is 1.65 bits per heavy atom. The first-order valence-corrected chi connectivity index (χ1v) is 9.51. The van der Waals surface area contributed by atoms with E-state index in [1.165, 1.54) is 11.1 Å². The SMILES string of the molecule is Cc1ccc(CN2CCN(CC(=O)Nc3cccc(Cl)c3Cl)CC2)cc1. The summed E-state index contributed by atoms with van der Waals surface area (Å²) in [5, 5.41) is 3.66. The summed E-state index contributed by atoms with van der Waals surface area (Å²) in [5.41, 5.74) is 3.17. The number of benzene rings is 2. The lowest BCUT2D eigenvalue weighted by molar-refractivity contribution is -0.117. The molecule has 1 heterocycles. The van der Waals surface area contributed by atoms with Crippen LogP contribution < -0.4 is 5.32 Å². The quantitative estimate of drug-likeness (QED) is 0.834. The fourth-order valence-corrected chi connectivity index (χ4v) is 3.40. The second-order valence-electron chi connectivity index (χ2n) is 6.69. The highest BCUT2D eigenvalue weighted by molar-refractivity contribution is 6.43. The van der Waals surface area contributed by atoms with Crippen molar-refractivity contribution >= 4 is 34.8 Å². The molecular formula is C20H23Cl2N3O. The summed E-state index contributed by atoms with van der Waals surface area (Å²) < 4.78 is 0. The highest BCUT2D eigenvalue weighted by Gasteiger charge is 2.19. The second-order valence-corrected chi connectivity index (χ2v) is 7.47. The number of carbonyl (C=O) groups excluding carboxylic acids is 1. The molecule has 1 saturated heterocycles. The van der Waals surface area contributed by atoms with Gasteiger partial charge >= 0.3 is 0 Å². The number of anilines is 1. The minimum atomic E-state index is -0.0684. The molecule has 1 amide bonds. The van der Waals surface area contributed by atoms with E-state index in [2.05, 4.69) is 46.3 Å². The number of nitrogens with zero attached hydrogens (tertiary/aromatic N) is 2. The van der Waals surface area contributed by atoms with Gasteiger partial charge in [-0.25, -0.2) is 0 Å². The fourth-order valence-electron chi connectivity index (χ4n) is 3.05. The third-order valence-electron chi connectivity index (χ3n) is 4.58. The number of rotatable bonds is 5. The molecule has 0 unspecified atom stereocenters. The molecule has 0 radical (unpaired) electrons. The lowest BCUT2D eigenvalue weighted by Gasteiger charge is -2.34. The van der Waals surface area contributed by atoms with Gasteiger partial charge in [0.05, 0.1) is 22.3 Å². The van der Waals surface area contributed by atoms with Crippen molar-refractivity contribution in [2.24, 2.45) is 0 Å². The summed E-state index contributed by atoms with van der Waals surface area (Å²) >= 11 is 12.1. The van der Waals surface area contributed by atoms with Crippen molar-refractivity contribution in [2.75, 3.05) is 38.0 Å². The highest BCUT2D eigenvalue weighted by atomic mass is 35.5. The maximum Gasteiger partial charge on any atom is 0.238 e. The summed E-state index contributed by atoms with van der Waals surface area (Å²) in [7, 11) is 0. The standard InChI is InChI=1S/C20H23Cl2N3O/c1-15-5-7-16(8-6-15)13-24-9-11-25(12-10-24)14-19(26)23-18-4-2-3-17(21)20(18)22/h2-8H,9-14H2,1H3,(H,23,26). The van der Waals surface area contributed by atoms with Crippen LogP contribution in [0.5, 0.6) is 0 Å². The molecule has 138 valence electrons. The summed E-state index contributed by atoms with van der Waals surface area (Å²) in [6, 6.07) is 13.9. The van der Waals surface area contributed by atoms with Crippen LogP contribution in [0.4, 0.5) is 5.69 Å². The Morgan fingerprint density at radius 1 is 1.00 bits per heavy atom. The van der Waals surface area contributed by atoms with Gasteiger partial charge in [-0.05, 0) is 24.6 Å². The van der Waals surface area contributed by atoms with E-state index in [-0.39, 0.29) is 5.91 Å². The minimum Gasteiger partial charge on any atom is -0.324 e. The molecular weight excluding hydrogens is 369 g/mol. The topological polar surface area (TPSA) is 35.6 Å². The van der Waals surface area contributed by atoms with Crippen molar-refractivity contribution in [3.8, 4) is 0 Å². The predicted molar refractivity (Wildman–Crippen MR) is 108 cm³/mol. The van der Waals surface area contributed by atoms with E-state index in [1.807, 2.05) is 0 Å². The summed E-state index contributed by atoms with van der Waals surface area (Å²) in [4.78, 5) is 16.9. The maximum absolute atomic E-state index is 12.3. The number of nitrogens with one attached hydrogen (secondary N) is 1. The molecule has 3 rings (SSSR count). The van der Waals surface area contributed by atoms with Crippen molar-refractivity contribution in [3.05, 3.63) is 63.6 Å². The van der Waals surface area contributed by atoms with Gasteiger partial charge in [0, 0.05) is 32.7 Å². The van der Waals surface area contributed by atoms with E-state index in [0.717, 1.165) is 32.7 Å². The van der Waals surface area contributed by atoms with Gasteiger partial charge in [0.1, 0.15) is 0 Å². The van der Waals surface area contributed by atoms with E-state index >= 15 is 0 Å². The van der Waals surface area contributed by atoms with Crippen molar-refractivity contribution in [2.45, 2.75) is 13.5 Å². The molecule has 6 heteroatoms.